The third kappa shape index (κ3) is 2.08. The summed E-state index contributed by atoms with van der Waals surface area (Å²) >= 11 is 0. The van der Waals surface area contributed by atoms with Gasteiger partial charge in [0.1, 0.15) is 5.82 Å². The van der Waals surface area contributed by atoms with Crippen LogP contribution in [-0.4, -0.2) is 9.97 Å². The third-order valence-corrected chi connectivity index (χ3v) is 2.00. The van der Waals surface area contributed by atoms with E-state index >= 15 is 0 Å². The second kappa shape index (κ2) is 4.19. The van der Waals surface area contributed by atoms with Crippen LogP contribution in [0.25, 0.3) is 4.85 Å². The summed E-state index contributed by atoms with van der Waals surface area (Å²) in [4.78, 5) is 12.0. The van der Waals surface area contributed by atoms with Crippen LogP contribution in [0, 0.1) is 6.57 Å². The molecule has 1 aromatic rings. The maximum absolute atomic E-state index is 7.00. The first kappa shape index (κ1) is 10.6. The standard InChI is InChI=1S/C11H15N3/c1-7(2)10-9(12-5)6-13-11(14-10)8(3)4/h6-8H,1-4H3. The van der Waals surface area contributed by atoms with Crippen molar-refractivity contribution in [1.29, 1.82) is 0 Å². The molecule has 0 radical (unpaired) electrons. The third-order valence-electron chi connectivity index (χ3n) is 2.00. The monoisotopic (exact) mass is 189 g/mol. The zero-order valence-electron chi connectivity index (χ0n) is 9.07. The van der Waals surface area contributed by atoms with Gasteiger partial charge in [-0.05, 0) is 5.92 Å². The van der Waals surface area contributed by atoms with E-state index in [2.05, 4.69) is 28.7 Å². The van der Waals surface area contributed by atoms with Gasteiger partial charge in [-0.3, -0.25) is 4.98 Å². The second-order valence-electron chi connectivity index (χ2n) is 3.92. The Hall–Kier alpha value is -1.43. The van der Waals surface area contributed by atoms with Crippen LogP contribution in [0.1, 0.15) is 51.0 Å². The van der Waals surface area contributed by atoms with Crippen molar-refractivity contribution in [3.8, 4) is 0 Å². The van der Waals surface area contributed by atoms with Crippen LogP contribution in [0.3, 0.4) is 0 Å². The highest BCUT2D eigenvalue weighted by Gasteiger charge is 2.11. The molecule has 0 fully saturated rings. The van der Waals surface area contributed by atoms with Gasteiger partial charge in [0.05, 0.1) is 12.3 Å². The molecular formula is C11H15N3. The molecule has 3 heteroatoms. The first-order valence-corrected chi connectivity index (χ1v) is 4.80. The summed E-state index contributed by atoms with van der Waals surface area (Å²) in [7, 11) is 0. The molecule has 0 N–H and O–H groups in total. The van der Waals surface area contributed by atoms with Gasteiger partial charge in [-0.1, -0.05) is 27.7 Å². The van der Waals surface area contributed by atoms with E-state index in [1.807, 2.05) is 13.8 Å². The van der Waals surface area contributed by atoms with E-state index in [0.29, 0.717) is 11.6 Å². The largest absolute Gasteiger partial charge is 0.253 e. The van der Waals surface area contributed by atoms with E-state index < -0.39 is 0 Å². The topological polar surface area (TPSA) is 30.1 Å². The Morgan fingerprint density at radius 1 is 1.21 bits per heavy atom. The molecule has 0 aromatic carbocycles. The van der Waals surface area contributed by atoms with E-state index in [9.17, 15) is 0 Å². The van der Waals surface area contributed by atoms with Gasteiger partial charge >= 0.3 is 0 Å². The van der Waals surface area contributed by atoms with Gasteiger partial charge < -0.3 is 0 Å². The van der Waals surface area contributed by atoms with Gasteiger partial charge in [0.15, 0.2) is 0 Å². The molecule has 1 aromatic heterocycles. The number of hydrogen-bond donors (Lipinski definition) is 0. The molecule has 0 saturated carbocycles. The van der Waals surface area contributed by atoms with Crippen LogP contribution in [0.4, 0.5) is 5.69 Å². The second-order valence-corrected chi connectivity index (χ2v) is 3.92. The van der Waals surface area contributed by atoms with Crippen LogP contribution in [0.2, 0.25) is 0 Å². The minimum Gasteiger partial charge on any atom is -0.253 e. The highest BCUT2D eigenvalue weighted by atomic mass is 14.9. The lowest BCUT2D eigenvalue weighted by Crippen LogP contribution is -2.02. The van der Waals surface area contributed by atoms with Crippen LogP contribution in [0.15, 0.2) is 6.20 Å². The molecule has 0 saturated heterocycles. The molecule has 3 nitrogen and oxygen atoms in total. The number of aromatic nitrogens is 2. The van der Waals surface area contributed by atoms with Crippen molar-refractivity contribution in [2.75, 3.05) is 0 Å². The van der Waals surface area contributed by atoms with Crippen molar-refractivity contribution >= 4 is 5.69 Å². The SMILES string of the molecule is [C-]#[N+]c1cnc(C(C)C)nc1C(C)C. The molecule has 0 bridgehead atoms. The van der Waals surface area contributed by atoms with Crippen molar-refractivity contribution < 1.29 is 0 Å². The summed E-state index contributed by atoms with van der Waals surface area (Å²) < 4.78 is 0. The van der Waals surface area contributed by atoms with Gasteiger partial charge in [-0.2, -0.15) is 0 Å². The Morgan fingerprint density at radius 3 is 2.29 bits per heavy atom. The van der Waals surface area contributed by atoms with E-state index in [4.69, 9.17) is 6.57 Å². The smallest absolute Gasteiger partial charge is 0.226 e. The fourth-order valence-corrected chi connectivity index (χ4v) is 1.19. The minimum atomic E-state index is 0.277. The number of rotatable bonds is 2. The summed E-state index contributed by atoms with van der Waals surface area (Å²) in [6.45, 7) is 15.2. The van der Waals surface area contributed by atoms with E-state index in [-0.39, 0.29) is 5.92 Å². The summed E-state index contributed by atoms with van der Waals surface area (Å²) in [6.07, 6.45) is 1.63. The lowest BCUT2D eigenvalue weighted by atomic mass is 10.1. The van der Waals surface area contributed by atoms with E-state index in [1.165, 1.54) is 0 Å². The zero-order chi connectivity index (χ0) is 10.7. The molecule has 0 aliphatic carbocycles. The number of nitrogens with zero attached hydrogens (tertiary/aromatic N) is 3. The van der Waals surface area contributed by atoms with Gasteiger partial charge in [-0.25, -0.2) is 9.83 Å². The molecule has 74 valence electrons. The fourth-order valence-electron chi connectivity index (χ4n) is 1.19. The van der Waals surface area contributed by atoms with Crippen LogP contribution in [0.5, 0.6) is 0 Å². The molecule has 0 aliphatic heterocycles. The van der Waals surface area contributed by atoms with Gasteiger partial charge in [0, 0.05) is 12.1 Å². The number of hydrogen-bond acceptors (Lipinski definition) is 2. The highest BCUT2D eigenvalue weighted by Crippen LogP contribution is 2.25. The molecular weight excluding hydrogens is 174 g/mol. The molecule has 1 rings (SSSR count). The van der Waals surface area contributed by atoms with Crippen LogP contribution < -0.4 is 0 Å². The van der Waals surface area contributed by atoms with Crippen LogP contribution >= 0.6 is 0 Å². The molecule has 0 atom stereocenters. The Balaban J connectivity index is 3.23. The van der Waals surface area contributed by atoms with Gasteiger partial charge in [-0.15, -0.1) is 0 Å². The molecule has 0 amide bonds. The van der Waals surface area contributed by atoms with Crippen molar-refractivity contribution in [2.45, 2.75) is 39.5 Å². The first-order valence-electron chi connectivity index (χ1n) is 4.80. The fraction of sp³-hybridized carbons (Fsp3) is 0.545. The average Bonchev–Trinajstić information content (AvgIpc) is 2.16. The normalized spacial score (nSPS) is 10.6. The summed E-state index contributed by atoms with van der Waals surface area (Å²) in [5.41, 5.74) is 1.43. The predicted octanol–water partition coefficient (Wildman–Crippen LogP) is 3.27. The maximum atomic E-state index is 7.00. The van der Waals surface area contributed by atoms with Crippen molar-refractivity contribution in [1.82, 2.24) is 9.97 Å². The quantitative estimate of drug-likeness (QED) is 0.668. The van der Waals surface area contributed by atoms with Gasteiger partial charge in [0.25, 0.3) is 0 Å². The lowest BCUT2D eigenvalue weighted by Gasteiger charge is -2.10. The maximum Gasteiger partial charge on any atom is 0.226 e. The molecule has 0 unspecified atom stereocenters. The van der Waals surface area contributed by atoms with Crippen molar-refractivity contribution in [3.63, 3.8) is 0 Å². The average molecular weight is 189 g/mol. The molecule has 0 spiro atoms. The Bertz CT molecular complexity index is 361. The Kier molecular flexibility index (Phi) is 3.19. The van der Waals surface area contributed by atoms with E-state index in [0.717, 1.165) is 11.5 Å². The molecule has 1 heterocycles. The lowest BCUT2D eigenvalue weighted by molar-refractivity contribution is 0.733. The highest BCUT2D eigenvalue weighted by molar-refractivity contribution is 5.48. The van der Waals surface area contributed by atoms with Crippen LogP contribution in [-0.2, 0) is 0 Å². The zero-order valence-corrected chi connectivity index (χ0v) is 9.07. The molecule has 0 aliphatic rings. The predicted molar refractivity (Wildman–Crippen MR) is 56.5 cm³/mol. The summed E-state index contributed by atoms with van der Waals surface area (Å²) in [6, 6.07) is 0. The van der Waals surface area contributed by atoms with Gasteiger partial charge in [0.2, 0.25) is 5.69 Å². The van der Waals surface area contributed by atoms with Crippen molar-refractivity contribution in [3.05, 3.63) is 29.1 Å². The van der Waals surface area contributed by atoms with E-state index in [1.54, 1.807) is 6.20 Å². The minimum absolute atomic E-state index is 0.277. The molecule has 14 heavy (non-hydrogen) atoms. The first-order chi connectivity index (χ1) is 6.56. The Morgan fingerprint density at radius 2 is 1.86 bits per heavy atom. The summed E-state index contributed by atoms with van der Waals surface area (Å²) in [5, 5.41) is 0. The van der Waals surface area contributed by atoms with Crippen molar-refractivity contribution in [2.24, 2.45) is 0 Å². The Labute approximate surface area is 85.0 Å². The summed E-state index contributed by atoms with van der Waals surface area (Å²) in [5.74, 6) is 1.41.